The van der Waals surface area contributed by atoms with Gasteiger partial charge in [0.1, 0.15) is 0 Å². The third-order valence-corrected chi connectivity index (χ3v) is 5.29. The quantitative estimate of drug-likeness (QED) is 0.692. The Kier molecular flexibility index (Phi) is 4.75. The van der Waals surface area contributed by atoms with E-state index in [1.165, 1.54) is 57.9 Å². The fourth-order valence-corrected chi connectivity index (χ4v) is 4.39. The topological polar surface area (TPSA) is 3.24 Å². The van der Waals surface area contributed by atoms with E-state index < -0.39 is 0 Å². The molecule has 0 bridgehead atoms. The van der Waals surface area contributed by atoms with Gasteiger partial charge >= 0.3 is 0 Å². The lowest BCUT2D eigenvalue weighted by Gasteiger charge is -2.42. The van der Waals surface area contributed by atoms with Gasteiger partial charge in [0.25, 0.3) is 0 Å². The normalized spacial score (nSPS) is 35.0. The van der Waals surface area contributed by atoms with Crippen LogP contribution in [0.5, 0.6) is 0 Å². The molecular weight excluding hydrogens is 218 g/mol. The van der Waals surface area contributed by atoms with Crippen molar-refractivity contribution >= 4 is 0 Å². The van der Waals surface area contributed by atoms with Gasteiger partial charge in [-0.15, -0.1) is 0 Å². The molecule has 1 aliphatic heterocycles. The molecule has 1 aliphatic carbocycles. The Bertz CT molecular complexity index is 245. The summed E-state index contributed by atoms with van der Waals surface area (Å²) in [6, 6.07) is 0.896. The zero-order valence-corrected chi connectivity index (χ0v) is 13.0. The molecule has 0 amide bonds. The van der Waals surface area contributed by atoms with Gasteiger partial charge in [0.2, 0.25) is 0 Å². The molecule has 2 fully saturated rings. The molecule has 18 heavy (non-hydrogen) atoms. The van der Waals surface area contributed by atoms with Crippen molar-refractivity contribution in [2.24, 2.45) is 11.8 Å². The number of nitrogens with zero attached hydrogens (tertiary/aromatic N) is 1. The number of likely N-dealkylation sites (tertiary alicyclic amines) is 1. The van der Waals surface area contributed by atoms with E-state index in [4.69, 9.17) is 0 Å². The molecule has 1 heteroatoms. The molecule has 0 radical (unpaired) electrons. The van der Waals surface area contributed by atoms with Gasteiger partial charge in [-0.3, -0.25) is 4.90 Å². The van der Waals surface area contributed by atoms with E-state index in [9.17, 15) is 0 Å². The molecule has 2 aliphatic rings. The molecule has 0 aromatic carbocycles. The first kappa shape index (κ1) is 14.4. The SMILES string of the molecule is CCCC1CCC(C2CCCN2C(C)(C)C)CC1. The Balaban J connectivity index is 1.89. The maximum Gasteiger partial charge on any atom is 0.0129 e. The Hall–Kier alpha value is -0.0400. The molecular formula is C17H33N. The first-order valence-corrected chi connectivity index (χ1v) is 8.29. The lowest BCUT2D eigenvalue weighted by molar-refractivity contribution is 0.0650. The van der Waals surface area contributed by atoms with Crippen LogP contribution >= 0.6 is 0 Å². The fraction of sp³-hybridized carbons (Fsp3) is 1.00. The van der Waals surface area contributed by atoms with Gasteiger partial charge in [0.15, 0.2) is 0 Å². The molecule has 0 aromatic heterocycles. The third kappa shape index (κ3) is 3.29. The summed E-state index contributed by atoms with van der Waals surface area (Å²) in [4.78, 5) is 2.80. The second-order valence-electron chi connectivity index (χ2n) is 7.64. The van der Waals surface area contributed by atoms with E-state index >= 15 is 0 Å². The number of hydrogen-bond donors (Lipinski definition) is 0. The van der Waals surface area contributed by atoms with E-state index in [0.717, 1.165) is 17.9 Å². The summed E-state index contributed by atoms with van der Waals surface area (Å²) < 4.78 is 0. The van der Waals surface area contributed by atoms with E-state index in [2.05, 4.69) is 32.6 Å². The highest BCUT2D eigenvalue weighted by atomic mass is 15.2. The Labute approximate surface area is 114 Å². The van der Waals surface area contributed by atoms with E-state index in [1.54, 1.807) is 0 Å². The highest BCUT2D eigenvalue weighted by Gasteiger charge is 2.38. The van der Waals surface area contributed by atoms with Crippen molar-refractivity contribution < 1.29 is 0 Å². The van der Waals surface area contributed by atoms with Crippen LogP contribution in [0.1, 0.15) is 79.1 Å². The van der Waals surface area contributed by atoms with Crippen molar-refractivity contribution in [1.29, 1.82) is 0 Å². The summed E-state index contributed by atoms with van der Waals surface area (Å²) in [5.74, 6) is 2.05. The minimum Gasteiger partial charge on any atom is -0.295 e. The van der Waals surface area contributed by atoms with Crippen molar-refractivity contribution in [1.82, 2.24) is 4.90 Å². The second-order valence-corrected chi connectivity index (χ2v) is 7.64. The van der Waals surface area contributed by atoms with Crippen molar-refractivity contribution in [3.8, 4) is 0 Å². The van der Waals surface area contributed by atoms with Crippen LogP contribution < -0.4 is 0 Å². The van der Waals surface area contributed by atoms with Gasteiger partial charge < -0.3 is 0 Å². The van der Waals surface area contributed by atoms with Gasteiger partial charge in [0.05, 0.1) is 0 Å². The van der Waals surface area contributed by atoms with Gasteiger partial charge in [0, 0.05) is 11.6 Å². The molecule has 1 unspecified atom stereocenters. The summed E-state index contributed by atoms with van der Waals surface area (Å²) in [5.41, 5.74) is 0.376. The van der Waals surface area contributed by atoms with Gasteiger partial charge in [-0.2, -0.15) is 0 Å². The fourth-order valence-electron chi connectivity index (χ4n) is 4.39. The molecule has 0 aromatic rings. The Morgan fingerprint density at radius 1 is 1.00 bits per heavy atom. The maximum absolute atomic E-state index is 2.80. The summed E-state index contributed by atoms with van der Waals surface area (Å²) >= 11 is 0. The Morgan fingerprint density at radius 3 is 2.22 bits per heavy atom. The standard InChI is InChI=1S/C17H33N/c1-5-7-14-9-11-15(12-10-14)16-8-6-13-18(16)17(2,3)4/h14-16H,5-13H2,1-4H3. The van der Waals surface area contributed by atoms with Crippen LogP contribution in [0.2, 0.25) is 0 Å². The van der Waals surface area contributed by atoms with Crippen LogP contribution in [-0.2, 0) is 0 Å². The number of hydrogen-bond acceptors (Lipinski definition) is 1. The second kappa shape index (κ2) is 5.94. The van der Waals surface area contributed by atoms with Crippen molar-refractivity contribution in [3.05, 3.63) is 0 Å². The largest absolute Gasteiger partial charge is 0.295 e. The zero-order chi connectivity index (χ0) is 13.2. The number of rotatable bonds is 3. The van der Waals surface area contributed by atoms with Crippen LogP contribution in [0.25, 0.3) is 0 Å². The molecule has 0 spiro atoms. The van der Waals surface area contributed by atoms with Crippen molar-refractivity contribution in [3.63, 3.8) is 0 Å². The summed E-state index contributed by atoms with van der Waals surface area (Å²) in [6.45, 7) is 10.9. The average molecular weight is 251 g/mol. The lowest BCUT2D eigenvalue weighted by Crippen LogP contribution is -2.48. The highest BCUT2D eigenvalue weighted by Crippen LogP contribution is 2.40. The highest BCUT2D eigenvalue weighted by molar-refractivity contribution is 4.93. The van der Waals surface area contributed by atoms with Gasteiger partial charge in [-0.05, 0) is 64.8 Å². The average Bonchev–Trinajstić information content (AvgIpc) is 2.79. The molecule has 1 saturated heterocycles. The van der Waals surface area contributed by atoms with E-state index in [0.29, 0.717) is 5.54 Å². The molecule has 1 saturated carbocycles. The molecule has 1 nitrogen and oxygen atoms in total. The summed E-state index contributed by atoms with van der Waals surface area (Å²) in [5, 5.41) is 0. The first-order chi connectivity index (χ1) is 8.52. The van der Waals surface area contributed by atoms with Gasteiger partial charge in [-0.1, -0.05) is 32.6 Å². The third-order valence-electron chi connectivity index (χ3n) is 5.29. The predicted molar refractivity (Wildman–Crippen MR) is 79.8 cm³/mol. The van der Waals surface area contributed by atoms with Crippen LogP contribution in [0.4, 0.5) is 0 Å². The van der Waals surface area contributed by atoms with Crippen molar-refractivity contribution in [2.75, 3.05) is 6.54 Å². The minimum atomic E-state index is 0.376. The molecule has 0 N–H and O–H groups in total. The molecule has 2 rings (SSSR count). The van der Waals surface area contributed by atoms with E-state index in [1.807, 2.05) is 0 Å². The van der Waals surface area contributed by atoms with Crippen LogP contribution in [-0.4, -0.2) is 23.0 Å². The van der Waals surface area contributed by atoms with Crippen molar-refractivity contribution in [2.45, 2.75) is 90.6 Å². The molecule has 1 atom stereocenters. The first-order valence-electron chi connectivity index (χ1n) is 8.29. The zero-order valence-electron chi connectivity index (χ0n) is 13.0. The van der Waals surface area contributed by atoms with E-state index in [-0.39, 0.29) is 0 Å². The van der Waals surface area contributed by atoms with Gasteiger partial charge in [-0.25, -0.2) is 0 Å². The molecule has 106 valence electrons. The summed E-state index contributed by atoms with van der Waals surface area (Å²) in [6.07, 6.45) is 11.8. The van der Waals surface area contributed by atoms with Crippen LogP contribution in [0, 0.1) is 11.8 Å². The monoisotopic (exact) mass is 251 g/mol. The maximum atomic E-state index is 2.80. The van der Waals surface area contributed by atoms with Crippen LogP contribution in [0.15, 0.2) is 0 Å². The smallest absolute Gasteiger partial charge is 0.0129 e. The minimum absolute atomic E-state index is 0.376. The molecule has 1 heterocycles. The Morgan fingerprint density at radius 2 is 1.67 bits per heavy atom. The predicted octanol–water partition coefficient (Wildman–Crippen LogP) is 4.86. The lowest BCUT2D eigenvalue weighted by atomic mass is 9.76. The van der Waals surface area contributed by atoms with Crippen LogP contribution in [0.3, 0.4) is 0 Å². The summed E-state index contributed by atoms with van der Waals surface area (Å²) in [7, 11) is 0.